The summed E-state index contributed by atoms with van der Waals surface area (Å²) in [5.74, 6) is 0. The van der Waals surface area contributed by atoms with Crippen molar-refractivity contribution in [3.05, 3.63) is 54.1 Å². The van der Waals surface area contributed by atoms with Crippen molar-refractivity contribution in [2.75, 3.05) is 0 Å². The Morgan fingerprint density at radius 3 is 2.70 bits per heavy atom. The first-order chi connectivity index (χ1) is 9.78. The molecular formula is C16H16N2S2. The molecule has 0 fully saturated rings. The van der Waals surface area contributed by atoms with Gasteiger partial charge in [0.15, 0.2) is 4.34 Å². The third-order valence-electron chi connectivity index (χ3n) is 3.23. The average molecular weight is 300 g/mol. The molecule has 0 saturated carbocycles. The highest BCUT2D eigenvalue weighted by atomic mass is 32.2. The lowest BCUT2D eigenvalue weighted by Crippen LogP contribution is -2.09. The van der Waals surface area contributed by atoms with Gasteiger partial charge in [0.05, 0.1) is 10.2 Å². The van der Waals surface area contributed by atoms with Gasteiger partial charge in [0.25, 0.3) is 0 Å². The van der Waals surface area contributed by atoms with E-state index in [1.807, 2.05) is 12.1 Å². The zero-order valence-corrected chi connectivity index (χ0v) is 12.9. The monoisotopic (exact) mass is 300 g/mol. The molecule has 20 heavy (non-hydrogen) atoms. The fourth-order valence-corrected chi connectivity index (χ4v) is 4.31. The fourth-order valence-electron chi connectivity index (χ4n) is 2.09. The van der Waals surface area contributed by atoms with Crippen molar-refractivity contribution in [2.45, 2.75) is 28.6 Å². The molecule has 0 aliphatic carbocycles. The second kappa shape index (κ2) is 5.95. The highest BCUT2D eigenvalue weighted by Gasteiger charge is 2.12. The van der Waals surface area contributed by atoms with Crippen LogP contribution in [0.15, 0.2) is 57.8 Å². The van der Waals surface area contributed by atoms with E-state index in [2.05, 4.69) is 48.3 Å². The highest BCUT2D eigenvalue weighted by Crippen LogP contribution is 2.37. The van der Waals surface area contributed by atoms with E-state index in [9.17, 15) is 0 Å². The Balaban J connectivity index is 1.94. The van der Waals surface area contributed by atoms with Crippen molar-refractivity contribution in [1.29, 1.82) is 0 Å². The van der Waals surface area contributed by atoms with Crippen LogP contribution < -0.4 is 5.73 Å². The summed E-state index contributed by atoms with van der Waals surface area (Å²) in [5.41, 5.74) is 8.47. The number of thiazole rings is 1. The molecule has 102 valence electrons. The standard InChI is InChI=1S/C16H16N2S2/c1-2-12(17)11-7-3-5-9-14(11)19-16-18-13-8-4-6-10-15(13)20-16/h3-10,12H,2,17H2,1H3/t12-/m0/s1. The van der Waals surface area contributed by atoms with E-state index >= 15 is 0 Å². The fraction of sp³-hybridized carbons (Fsp3) is 0.188. The summed E-state index contributed by atoms with van der Waals surface area (Å²) in [5, 5.41) is 0. The average Bonchev–Trinajstić information content (AvgIpc) is 2.89. The second-order valence-electron chi connectivity index (χ2n) is 4.60. The van der Waals surface area contributed by atoms with Gasteiger partial charge in [-0.05, 0) is 30.2 Å². The van der Waals surface area contributed by atoms with Crippen molar-refractivity contribution in [3.8, 4) is 0 Å². The van der Waals surface area contributed by atoms with Crippen LogP contribution in [0.2, 0.25) is 0 Å². The number of fused-ring (bicyclic) bond motifs is 1. The Hall–Kier alpha value is -1.36. The third kappa shape index (κ3) is 2.73. The van der Waals surface area contributed by atoms with Crippen LogP contribution in [0.4, 0.5) is 0 Å². The van der Waals surface area contributed by atoms with Crippen LogP contribution in [0.1, 0.15) is 24.9 Å². The van der Waals surface area contributed by atoms with Gasteiger partial charge in [0.1, 0.15) is 0 Å². The molecule has 1 aromatic heterocycles. The summed E-state index contributed by atoms with van der Waals surface area (Å²) >= 11 is 3.44. The first-order valence-electron chi connectivity index (χ1n) is 6.66. The first-order valence-corrected chi connectivity index (χ1v) is 8.29. The van der Waals surface area contributed by atoms with Crippen molar-refractivity contribution in [2.24, 2.45) is 5.73 Å². The number of nitrogens with zero attached hydrogens (tertiary/aromatic N) is 1. The number of aromatic nitrogens is 1. The minimum absolute atomic E-state index is 0.0908. The number of benzene rings is 2. The number of para-hydroxylation sites is 1. The Morgan fingerprint density at radius 1 is 1.15 bits per heavy atom. The van der Waals surface area contributed by atoms with Crippen LogP contribution in [0, 0.1) is 0 Å². The lowest BCUT2D eigenvalue weighted by atomic mass is 10.1. The number of hydrogen-bond acceptors (Lipinski definition) is 4. The second-order valence-corrected chi connectivity index (χ2v) is 6.92. The van der Waals surface area contributed by atoms with Gasteiger partial charge in [0.2, 0.25) is 0 Å². The summed E-state index contributed by atoms with van der Waals surface area (Å²) in [6, 6.07) is 16.7. The molecule has 0 radical (unpaired) electrons. The number of rotatable bonds is 4. The van der Waals surface area contributed by atoms with Crippen LogP contribution in [-0.4, -0.2) is 4.98 Å². The Bertz CT molecular complexity index is 688. The SMILES string of the molecule is CC[C@H](N)c1ccccc1Sc1nc2ccccc2s1. The molecule has 0 saturated heterocycles. The number of hydrogen-bond donors (Lipinski definition) is 1. The first kappa shape index (κ1) is 13.6. The molecular weight excluding hydrogens is 284 g/mol. The van der Waals surface area contributed by atoms with Crippen molar-refractivity contribution in [1.82, 2.24) is 4.98 Å². The summed E-state index contributed by atoms with van der Waals surface area (Å²) in [6.45, 7) is 2.11. The topological polar surface area (TPSA) is 38.9 Å². The van der Waals surface area contributed by atoms with E-state index in [0.717, 1.165) is 16.3 Å². The Labute approximate surface area is 127 Å². The molecule has 4 heteroatoms. The molecule has 0 bridgehead atoms. The molecule has 3 aromatic rings. The highest BCUT2D eigenvalue weighted by molar-refractivity contribution is 8.01. The zero-order chi connectivity index (χ0) is 13.9. The number of nitrogens with two attached hydrogens (primary N) is 1. The maximum Gasteiger partial charge on any atom is 0.155 e. The van der Waals surface area contributed by atoms with Crippen molar-refractivity contribution in [3.63, 3.8) is 0 Å². The van der Waals surface area contributed by atoms with Gasteiger partial charge in [-0.3, -0.25) is 0 Å². The van der Waals surface area contributed by atoms with Crippen LogP contribution in [0.3, 0.4) is 0 Å². The quantitative estimate of drug-likeness (QED) is 0.748. The molecule has 1 atom stereocenters. The smallest absolute Gasteiger partial charge is 0.155 e. The Kier molecular flexibility index (Phi) is 4.05. The molecule has 0 spiro atoms. The van der Waals surface area contributed by atoms with E-state index in [-0.39, 0.29) is 6.04 Å². The summed E-state index contributed by atoms with van der Waals surface area (Å²) < 4.78 is 2.30. The van der Waals surface area contributed by atoms with Gasteiger partial charge < -0.3 is 5.73 Å². The molecule has 0 unspecified atom stereocenters. The maximum atomic E-state index is 6.19. The third-order valence-corrected chi connectivity index (χ3v) is 5.42. The summed E-state index contributed by atoms with van der Waals surface area (Å²) in [6.07, 6.45) is 0.942. The van der Waals surface area contributed by atoms with Crippen molar-refractivity contribution < 1.29 is 0 Å². The largest absolute Gasteiger partial charge is 0.324 e. The van der Waals surface area contributed by atoms with E-state index in [0.29, 0.717) is 0 Å². The summed E-state index contributed by atoms with van der Waals surface area (Å²) in [7, 11) is 0. The lowest BCUT2D eigenvalue weighted by molar-refractivity contribution is 0.685. The Morgan fingerprint density at radius 2 is 1.90 bits per heavy atom. The van der Waals surface area contributed by atoms with Crippen LogP contribution in [0.25, 0.3) is 10.2 Å². The molecule has 3 rings (SSSR count). The van der Waals surface area contributed by atoms with E-state index in [1.54, 1.807) is 23.1 Å². The van der Waals surface area contributed by atoms with E-state index < -0.39 is 0 Å². The van der Waals surface area contributed by atoms with Crippen LogP contribution >= 0.6 is 23.1 Å². The van der Waals surface area contributed by atoms with Gasteiger partial charge >= 0.3 is 0 Å². The van der Waals surface area contributed by atoms with Gasteiger partial charge in [0, 0.05) is 10.9 Å². The van der Waals surface area contributed by atoms with Gasteiger partial charge in [-0.1, -0.05) is 49.0 Å². The molecule has 0 amide bonds. The van der Waals surface area contributed by atoms with Crippen LogP contribution in [-0.2, 0) is 0 Å². The summed E-state index contributed by atoms with van der Waals surface area (Å²) in [4.78, 5) is 5.88. The molecule has 0 aliphatic heterocycles. The molecule has 1 heterocycles. The molecule has 2 N–H and O–H groups in total. The van der Waals surface area contributed by atoms with Gasteiger partial charge in [-0.25, -0.2) is 4.98 Å². The van der Waals surface area contributed by atoms with Crippen LogP contribution in [0.5, 0.6) is 0 Å². The lowest BCUT2D eigenvalue weighted by Gasteiger charge is -2.13. The minimum atomic E-state index is 0.0908. The normalized spacial score (nSPS) is 12.7. The van der Waals surface area contributed by atoms with Gasteiger partial charge in [-0.15, -0.1) is 11.3 Å². The van der Waals surface area contributed by atoms with E-state index in [4.69, 9.17) is 5.73 Å². The van der Waals surface area contributed by atoms with Crippen molar-refractivity contribution >= 4 is 33.3 Å². The van der Waals surface area contributed by atoms with E-state index in [1.165, 1.54) is 15.2 Å². The van der Waals surface area contributed by atoms with Gasteiger partial charge in [-0.2, -0.15) is 0 Å². The zero-order valence-electron chi connectivity index (χ0n) is 11.2. The molecule has 2 aromatic carbocycles. The molecule has 0 aliphatic rings. The predicted octanol–water partition coefficient (Wildman–Crippen LogP) is 4.86. The predicted molar refractivity (Wildman–Crippen MR) is 87.4 cm³/mol. The maximum absolute atomic E-state index is 6.19. The molecule has 2 nitrogen and oxygen atoms in total. The minimum Gasteiger partial charge on any atom is -0.324 e.